The first-order chi connectivity index (χ1) is 13.4. The second-order valence-corrected chi connectivity index (χ2v) is 7.98. The molecule has 1 amide bonds. The van der Waals surface area contributed by atoms with Crippen molar-refractivity contribution in [3.8, 4) is 0 Å². The summed E-state index contributed by atoms with van der Waals surface area (Å²) in [7, 11) is 0. The third-order valence-electron chi connectivity index (χ3n) is 3.97. The Labute approximate surface area is 165 Å². The fraction of sp³-hybridized carbons (Fsp3) is 0.222. The molecule has 0 spiro atoms. The van der Waals surface area contributed by atoms with Crippen LogP contribution in [0.25, 0.3) is 15.3 Å². The molecule has 0 saturated heterocycles. The average molecular weight is 425 g/mol. The second-order valence-electron chi connectivity index (χ2n) is 6.08. The molecule has 3 heterocycles. The summed E-state index contributed by atoms with van der Waals surface area (Å²) < 4.78 is 42.8. The zero-order valence-electron chi connectivity index (χ0n) is 14.3. The van der Waals surface area contributed by atoms with Crippen molar-refractivity contribution < 1.29 is 22.7 Å². The molecule has 0 bridgehead atoms. The number of hydrogen-bond donors (Lipinski definition) is 1. The van der Waals surface area contributed by atoms with Gasteiger partial charge in [0.05, 0.1) is 17.0 Å². The Morgan fingerprint density at radius 3 is 2.71 bits per heavy atom. The lowest BCUT2D eigenvalue weighted by molar-refractivity contribution is -0.176. The van der Waals surface area contributed by atoms with Crippen molar-refractivity contribution in [2.45, 2.75) is 19.3 Å². The van der Waals surface area contributed by atoms with Crippen molar-refractivity contribution in [3.05, 3.63) is 57.9 Å². The smallest absolute Gasteiger partial charge is 0.367 e. The van der Waals surface area contributed by atoms with Crippen molar-refractivity contribution in [2.75, 3.05) is 6.61 Å². The number of hydrogen-bond acceptors (Lipinski definition) is 5. The van der Waals surface area contributed by atoms with E-state index in [-0.39, 0.29) is 12.5 Å². The van der Waals surface area contributed by atoms with Crippen molar-refractivity contribution >= 4 is 43.9 Å². The summed E-state index contributed by atoms with van der Waals surface area (Å²) in [5.74, 6) is -0.190. The Balaban J connectivity index is 1.33. The maximum absolute atomic E-state index is 12.4. The number of carbonyl (C=O) groups excluding carboxylic acids is 1. The highest BCUT2D eigenvalue weighted by molar-refractivity contribution is 7.21. The highest BCUT2D eigenvalue weighted by Gasteiger charge is 2.27. The number of aromatic nitrogens is 2. The van der Waals surface area contributed by atoms with Crippen LogP contribution in [0.3, 0.4) is 0 Å². The Morgan fingerprint density at radius 2 is 1.96 bits per heavy atom. The summed E-state index contributed by atoms with van der Waals surface area (Å²) in [5, 5.41) is 4.79. The fourth-order valence-corrected chi connectivity index (χ4v) is 4.38. The first-order valence-corrected chi connectivity index (χ1v) is 9.94. The van der Waals surface area contributed by atoms with Gasteiger partial charge in [-0.3, -0.25) is 9.20 Å². The standard InChI is InChI=1S/C18H14F3N3O2S2/c19-18(20,21)10-26-9-12-3-1-11(2-4-12)8-22-15(25)14-7-13-16(28-14)23-17-24(13)5-6-27-17/h1-7H,8-10H2,(H,22,25). The van der Waals surface area contributed by atoms with E-state index in [1.165, 1.54) is 22.7 Å². The van der Waals surface area contributed by atoms with E-state index >= 15 is 0 Å². The van der Waals surface area contributed by atoms with Crippen LogP contribution in [0.15, 0.2) is 41.9 Å². The van der Waals surface area contributed by atoms with Crippen LogP contribution in [0, 0.1) is 0 Å². The van der Waals surface area contributed by atoms with Crippen molar-refractivity contribution in [3.63, 3.8) is 0 Å². The van der Waals surface area contributed by atoms with E-state index in [2.05, 4.69) is 15.0 Å². The van der Waals surface area contributed by atoms with Crippen LogP contribution >= 0.6 is 22.7 Å². The van der Waals surface area contributed by atoms with Gasteiger partial charge >= 0.3 is 6.18 Å². The molecule has 0 aliphatic heterocycles. The van der Waals surface area contributed by atoms with E-state index in [1.807, 2.05) is 22.0 Å². The number of rotatable bonds is 6. The molecule has 5 nitrogen and oxygen atoms in total. The molecule has 0 aliphatic carbocycles. The van der Waals surface area contributed by atoms with Gasteiger partial charge in [-0.15, -0.1) is 22.7 Å². The van der Waals surface area contributed by atoms with Crippen molar-refractivity contribution in [1.82, 2.24) is 14.7 Å². The molecule has 0 atom stereocenters. The molecule has 4 aromatic rings. The third-order valence-corrected chi connectivity index (χ3v) is 5.75. The average Bonchev–Trinajstić information content (AvgIpc) is 3.32. The van der Waals surface area contributed by atoms with Crippen LogP contribution in [-0.2, 0) is 17.9 Å². The first-order valence-electron chi connectivity index (χ1n) is 8.25. The van der Waals surface area contributed by atoms with E-state index in [0.29, 0.717) is 17.0 Å². The predicted molar refractivity (Wildman–Crippen MR) is 102 cm³/mol. The quantitative estimate of drug-likeness (QED) is 0.491. The minimum absolute atomic E-state index is 0.112. The monoisotopic (exact) mass is 425 g/mol. The zero-order chi connectivity index (χ0) is 19.7. The Morgan fingerprint density at radius 1 is 1.21 bits per heavy atom. The summed E-state index contributed by atoms with van der Waals surface area (Å²) >= 11 is 2.88. The summed E-state index contributed by atoms with van der Waals surface area (Å²) in [6, 6.07) is 8.70. The van der Waals surface area contributed by atoms with Gasteiger partial charge in [-0.05, 0) is 17.2 Å². The lowest BCUT2D eigenvalue weighted by Crippen LogP contribution is -2.21. The van der Waals surface area contributed by atoms with E-state index < -0.39 is 12.8 Å². The van der Waals surface area contributed by atoms with E-state index in [0.717, 1.165) is 20.9 Å². The molecule has 10 heteroatoms. The Bertz CT molecular complexity index is 1110. The molecule has 3 aromatic heterocycles. The number of alkyl halides is 3. The number of nitrogens with zero attached hydrogens (tertiary/aromatic N) is 2. The lowest BCUT2D eigenvalue weighted by atomic mass is 10.1. The number of imidazole rings is 1. The summed E-state index contributed by atoms with van der Waals surface area (Å²) in [6.07, 6.45) is -2.41. The number of carbonyl (C=O) groups is 1. The molecule has 28 heavy (non-hydrogen) atoms. The van der Waals surface area contributed by atoms with Crippen molar-refractivity contribution in [2.24, 2.45) is 0 Å². The highest BCUT2D eigenvalue weighted by atomic mass is 32.1. The zero-order valence-corrected chi connectivity index (χ0v) is 16.0. The van der Waals surface area contributed by atoms with Gasteiger partial charge in [-0.1, -0.05) is 24.3 Å². The fourth-order valence-electron chi connectivity index (χ4n) is 2.67. The molecule has 0 radical (unpaired) electrons. The van der Waals surface area contributed by atoms with Crippen LogP contribution < -0.4 is 5.32 Å². The van der Waals surface area contributed by atoms with E-state index in [4.69, 9.17) is 0 Å². The van der Waals surface area contributed by atoms with E-state index in [9.17, 15) is 18.0 Å². The number of thiazole rings is 1. The van der Waals surface area contributed by atoms with E-state index in [1.54, 1.807) is 24.3 Å². The number of benzene rings is 1. The maximum atomic E-state index is 12.4. The van der Waals surface area contributed by atoms with Gasteiger partial charge in [0.15, 0.2) is 4.96 Å². The van der Waals surface area contributed by atoms with Gasteiger partial charge in [-0.2, -0.15) is 13.2 Å². The van der Waals surface area contributed by atoms with Gasteiger partial charge in [0.2, 0.25) is 0 Å². The van der Waals surface area contributed by atoms with Gasteiger partial charge in [0, 0.05) is 18.1 Å². The Kier molecular flexibility index (Phi) is 5.09. The topological polar surface area (TPSA) is 55.6 Å². The van der Waals surface area contributed by atoms with Crippen LogP contribution in [0.4, 0.5) is 13.2 Å². The molecular weight excluding hydrogens is 411 g/mol. The lowest BCUT2D eigenvalue weighted by Gasteiger charge is -2.08. The minimum atomic E-state index is -4.33. The molecule has 1 N–H and O–H groups in total. The Hall–Kier alpha value is -2.43. The molecule has 146 valence electrons. The van der Waals surface area contributed by atoms with Gasteiger partial charge in [-0.25, -0.2) is 4.98 Å². The van der Waals surface area contributed by atoms with Gasteiger partial charge < -0.3 is 10.1 Å². The maximum Gasteiger partial charge on any atom is 0.411 e. The number of ether oxygens (including phenoxy) is 1. The normalized spacial score (nSPS) is 12.1. The van der Waals surface area contributed by atoms with Crippen molar-refractivity contribution in [1.29, 1.82) is 0 Å². The molecule has 0 fully saturated rings. The summed E-state index contributed by atoms with van der Waals surface area (Å²) in [5.41, 5.74) is 2.39. The number of halogens is 3. The van der Waals surface area contributed by atoms with Crippen LogP contribution in [0.5, 0.6) is 0 Å². The molecular formula is C18H14F3N3O2S2. The highest BCUT2D eigenvalue weighted by Crippen LogP contribution is 2.28. The SMILES string of the molecule is O=C(NCc1ccc(COCC(F)(F)F)cc1)c1cc2c(nc3sccn32)s1. The molecule has 0 aliphatic rings. The first kappa shape index (κ1) is 18.9. The predicted octanol–water partition coefficient (Wildman–Crippen LogP) is 4.62. The number of nitrogens with one attached hydrogen (secondary N) is 1. The summed E-state index contributed by atoms with van der Waals surface area (Å²) in [6.45, 7) is -1.06. The molecule has 4 rings (SSSR count). The molecule has 0 saturated carbocycles. The van der Waals surface area contributed by atoms with Gasteiger partial charge in [0.25, 0.3) is 5.91 Å². The molecule has 0 unspecified atom stereocenters. The van der Waals surface area contributed by atoms with Crippen LogP contribution in [0.1, 0.15) is 20.8 Å². The summed E-state index contributed by atoms with van der Waals surface area (Å²) in [4.78, 5) is 19.2. The third kappa shape index (κ3) is 4.18. The minimum Gasteiger partial charge on any atom is -0.367 e. The second kappa shape index (κ2) is 7.53. The van der Waals surface area contributed by atoms with Gasteiger partial charge in [0.1, 0.15) is 11.4 Å². The number of thiophene rings is 1. The number of amides is 1. The number of fused-ring (bicyclic) bond motifs is 3. The largest absolute Gasteiger partial charge is 0.411 e. The van der Waals surface area contributed by atoms with Crippen LogP contribution in [0.2, 0.25) is 0 Å². The molecule has 1 aromatic carbocycles. The van der Waals surface area contributed by atoms with Crippen LogP contribution in [-0.4, -0.2) is 28.1 Å².